The number of benzene rings is 1. The second-order valence-electron chi connectivity index (χ2n) is 4.12. The molecule has 1 aliphatic rings. The molecule has 1 aromatic rings. The predicted octanol–water partition coefficient (Wildman–Crippen LogP) is 3.13. The van der Waals surface area contributed by atoms with Gasteiger partial charge in [-0.05, 0) is 17.9 Å². The third-order valence-electron chi connectivity index (χ3n) is 2.86. The van der Waals surface area contributed by atoms with Gasteiger partial charge in [0.05, 0.1) is 0 Å². The highest BCUT2D eigenvalue weighted by atomic mass is 32.2. The van der Waals surface area contributed by atoms with Crippen molar-refractivity contribution in [2.24, 2.45) is 0 Å². The molecule has 3 nitrogen and oxygen atoms in total. The van der Waals surface area contributed by atoms with Gasteiger partial charge in [-0.15, -0.1) is 0 Å². The second-order valence-corrected chi connectivity index (χ2v) is 6.21. The average Bonchev–Trinajstić information content (AvgIpc) is 2.42. The Bertz CT molecular complexity index is 406. The lowest BCUT2D eigenvalue weighted by Crippen LogP contribution is -2.40. The van der Waals surface area contributed by atoms with Crippen molar-refractivity contribution in [3.63, 3.8) is 0 Å². The minimum Gasteiger partial charge on any atom is -0.323 e. The molecule has 1 saturated heterocycles. The summed E-state index contributed by atoms with van der Waals surface area (Å²) in [5, 5.41) is 3.03. The molecule has 1 aromatic carbocycles. The Balaban J connectivity index is 2.01. The normalized spacial score (nSPS) is 15.5. The Kier molecular flexibility index (Phi) is 5.26. The molecular weight excluding hydrogens is 264 g/mol. The molecule has 0 unspecified atom stereocenters. The first-order valence-electron chi connectivity index (χ1n) is 6.02. The van der Waals surface area contributed by atoms with Crippen molar-refractivity contribution < 1.29 is 4.79 Å². The molecule has 98 valence electrons. The van der Waals surface area contributed by atoms with Gasteiger partial charge < -0.3 is 10.2 Å². The molecule has 2 amide bonds. The topological polar surface area (TPSA) is 32.3 Å². The van der Waals surface area contributed by atoms with Crippen molar-refractivity contribution in [1.29, 1.82) is 0 Å². The molecule has 0 radical (unpaired) electrons. The highest BCUT2D eigenvalue weighted by Crippen LogP contribution is 2.20. The van der Waals surface area contributed by atoms with E-state index < -0.39 is 0 Å². The standard InChI is InChI=1S/C13H18N2OS2/c1-17-10-11-4-2-3-5-12(11)14-13(16)15-6-8-18-9-7-15/h2-5H,6-10H2,1H3,(H,14,16). The Morgan fingerprint density at radius 3 is 2.83 bits per heavy atom. The lowest BCUT2D eigenvalue weighted by molar-refractivity contribution is 0.217. The van der Waals surface area contributed by atoms with Crippen molar-refractivity contribution in [3.05, 3.63) is 29.8 Å². The van der Waals surface area contributed by atoms with Gasteiger partial charge in [0, 0.05) is 36.0 Å². The first kappa shape index (κ1) is 13.6. The highest BCUT2D eigenvalue weighted by Gasteiger charge is 2.17. The van der Waals surface area contributed by atoms with E-state index in [0.717, 1.165) is 36.0 Å². The number of para-hydroxylation sites is 1. The van der Waals surface area contributed by atoms with Gasteiger partial charge in [0.2, 0.25) is 0 Å². The lowest BCUT2D eigenvalue weighted by atomic mass is 10.2. The van der Waals surface area contributed by atoms with Gasteiger partial charge >= 0.3 is 6.03 Å². The Morgan fingerprint density at radius 1 is 1.39 bits per heavy atom. The third-order valence-corrected chi connectivity index (χ3v) is 4.40. The van der Waals surface area contributed by atoms with Gasteiger partial charge in [0.15, 0.2) is 0 Å². The zero-order chi connectivity index (χ0) is 12.8. The monoisotopic (exact) mass is 282 g/mol. The maximum absolute atomic E-state index is 12.1. The molecular formula is C13H18N2OS2. The van der Waals surface area contributed by atoms with E-state index in [2.05, 4.69) is 17.6 Å². The van der Waals surface area contributed by atoms with Crippen LogP contribution in [0.2, 0.25) is 0 Å². The minimum absolute atomic E-state index is 0.0313. The van der Waals surface area contributed by atoms with Gasteiger partial charge in [0.25, 0.3) is 0 Å². The summed E-state index contributed by atoms with van der Waals surface area (Å²) in [4.78, 5) is 14.0. The number of thioether (sulfide) groups is 2. The van der Waals surface area contributed by atoms with E-state index in [1.807, 2.05) is 34.9 Å². The van der Waals surface area contributed by atoms with Crippen LogP contribution in [-0.4, -0.2) is 41.8 Å². The lowest BCUT2D eigenvalue weighted by Gasteiger charge is -2.27. The molecule has 1 heterocycles. The highest BCUT2D eigenvalue weighted by molar-refractivity contribution is 7.99. The van der Waals surface area contributed by atoms with Crippen LogP contribution in [-0.2, 0) is 5.75 Å². The van der Waals surface area contributed by atoms with Crippen LogP contribution >= 0.6 is 23.5 Å². The summed E-state index contributed by atoms with van der Waals surface area (Å²) in [6.45, 7) is 1.70. The van der Waals surface area contributed by atoms with Crippen LogP contribution in [0.1, 0.15) is 5.56 Å². The molecule has 0 atom stereocenters. The summed E-state index contributed by atoms with van der Waals surface area (Å²) < 4.78 is 0. The van der Waals surface area contributed by atoms with Gasteiger partial charge in [-0.3, -0.25) is 0 Å². The number of nitrogens with one attached hydrogen (secondary N) is 1. The molecule has 0 bridgehead atoms. The van der Waals surface area contributed by atoms with E-state index >= 15 is 0 Å². The van der Waals surface area contributed by atoms with Gasteiger partial charge in [-0.2, -0.15) is 23.5 Å². The maximum Gasteiger partial charge on any atom is 0.321 e. The number of hydrogen-bond acceptors (Lipinski definition) is 3. The summed E-state index contributed by atoms with van der Waals surface area (Å²) in [7, 11) is 0. The molecule has 0 saturated carbocycles. The molecule has 1 N–H and O–H groups in total. The number of hydrogen-bond donors (Lipinski definition) is 1. The van der Waals surface area contributed by atoms with Crippen molar-refractivity contribution in [2.75, 3.05) is 36.2 Å². The first-order chi connectivity index (χ1) is 8.81. The number of rotatable bonds is 3. The molecule has 0 aromatic heterocycles. The largest absolute Gasteiger partial charge is 0.323 e. The van der Waals surface area contributed by atoms with Crippen molar-refractivity contribution >= 4 is 35.2 Å². The van der Waals surface area contributed by atoms with Crippen molar-refractivity contribution in [3.8, 4) is 0 Å². The molecule has 1 fully saturated rings. The van der Waals surface area contributed by atoms with Gasteiger partial charge in [-0.25, -0.2) is 4.79 Å². The van der Waals surface area contributed by atoms with E-state index in [1.165, 1.54) is 5.56 Å². The number of urea groups is 1. The third kappa shape index (κ3) is 3.59. The summed E-state index contributed by atoms with van der Waals surface area (Å²) in [5.74, 6) is 3.01. The fraction of sp³-hybridized carbons (Fsp3) is 0.462. The van der Waals surface area contributed by atoms with Crippen LogP contribution in [0.3, 0.4) is 0 Å². The number of anilines is 1. The average molecular weight is 282 g/mol. The van der Waals surface area contributed by atoms with Crippen LogP contribution in [0.25, 0.3) is 0 Å². The zero-order valence-corrected chi connectivity index (χ0v) is 12.1. The van der Waals surface area contributed by atoms with Gasteiger partial charge in [0.1, 0.15) is 0 Å². The quantitative estimate of drug-likeness (QED) is 0.924. The Labute approximate surface area is 117 Å². The van der Waals surface area contributed by atoms with Crippen LogP contribution < -0.4 is 5.32 Å². The first-order valence-corrected chi connectivity index (χ1v) is 8.56. The molecule has 1 aliphatic heterocycles. The molecule has 0 aliphatic carbocycles. The maximum atomic E-state index is 12.1. The van der Waals surface area contributed by atoms with Crippen LogP contribution in [0.4, 0.5) is 10.5 Å². The van der Waals surface area contributed by atoms with Crippen LogP contribution in [0.15, 0.2) is 24.3 Å². The van der Waals surface area contributed by atoms with Crippen LogP contribution in [0.5, 0.6) is 0 Å². The molecule has 0 spiro atoms. The van der Waals surface area contributed by atoms with E-state index in [-0.39, 0.29) is 6.03 Å². The minimum atomic E-state index is 0.0313. The summed E-state index contributed by atoms with van der Waals surface area (Å²) in [6, 6.07) is 8.05. The molecule has 2 rings (SSSR count). The molecule has 18 heavy (non-hydrogen) atoms. The van der Waals surface area contributed by atoms with Gasteiger partial charge in [-0.1, -0.05) is 18.2 Å². The van der Waals surface area contributed by atoms with Crippen molar-refractivity contribution in [2.45, 2.75) is 5.75 Å². The fourth-order valence-electron chi connectivity index (χ4n) is 1.88. The fourth-order valence-corrected chi connectivity index (χ4v) is 3.35. The number of carbonyl (C=O) groups excluding carboxylic acids is 1. The number of nitrogens with zero attached hydrogens (tertiary/aromatic N) is 1. The zero-order valence-electron chi connectivity index (χ0n) is 10.5. The smallest absolute Gasteiger partial charge is 0.321 e. The van der Waals surface area contributed by atoms with E-state index in [1.54, 1.807) is 11.8 Å². The van der Waals surface area contributed by atoms with Crippen LogP contribution in [0, 0.1) is 0 Å². The van der Waals surface area contributed by atoms with E-state index in [0.29, 0.717) is 0 Å². The predicted molar refractivity (Wildman–Crippen MR) is 81.6 cm³/mol. The number of amides is 2. The van der Waals surface area contributed by atoms with Crippen molar-refractivity contribution in [1.82, 2.24) is 4.90 Å². The van der Waals surface area contributed by atoms with E-state index in [9.17, 15) is 4.79 Å². The van der Waals surface area contributed by atoms with E-state index in [4.69, 9.17) is 0 Å². The Morgan fingerprint density at radius 2 is 2.11 bits per heavy atom. The number of carbonyl (C=O) groups is 1. The second kappa shape index (κ2) is 6.95. The summed E-state index contributed by atoms with van der Waals surface area (Å²) >= 11 is 3.67. The summed E-state index contributed by atoms with van der Waals surface area (Å²) in [6.07, 6.45) is 2.07. The SMILES string of the molecule is CSCc1ccccc1NC(=O)N1CCSCC1. The molecule has 5 heteroatoms. The Hall–Kier alpha value is -0.810. The summed E-state index contributed by atoms with van der Waals surface area (Å²) in [5.41, 5.74) is 2.12.